The molecule has 0 aliphatic carbocycles. The van der Waals surface area contributed by atoms with E-state index in [0.29, 0.717) is 41.2 Å². The number of rotatable bonds is 7. The Morgan fingerprint density at radius 3 is 2.44 bits per heavy atom. The second-order valence-electron chi connectivity index (χ2n) is 7.83. The van der Waals surface area contributed by atoms with E-state index in [1.807, 2.05) is 39.8 Å². The molecule has 1 aliphatic rings. The zero-order valence-corrected chi connectivity index (χ0v) is 18.7. The summed E-state index contributed by atoms with van der Waals surface area (Å²) in [5.74, 6) is 0.742. The first-order chi connectivity index (χ1) is 15.4. The largest absolute Gasteiger partial charge is 0.490 e. The molecule has 0 saturated carbocycles. The Morgan fingerprint density at radius 2 is 1.75 bits per heavy atom. The van der Waals surface area contributed by atoms with Crippen LogP contribution in [0.1, 0.15) is 52.7 Å². The maximum Gasteiger partial charge on any atom is 0.290 e. The molecule has 1 aliphatic heterocycles. The maximum atomic E-state index is 13.6. The number of aliphatic hydroxyl groups is 1. The van der Waals surface area contributed by atoms with E-state index < -0.39 is 11.9 Å². The fraction of sp³-hybridized carbons (Fsp3) is 0.360. The lowest BCUT2D eigenvalue weighted by atomic mass is 9.97. The molecule has 0 bridgehead atoms. The first kappa shape index (κ1) is 21.9. The highest BCUT2D eigenvalue weighted by Gasteiger charge is 2.42. The third-order valence-corrected chi connectivity index (χ3v) is 5.62. The maximum absolute atomic E-state index is 13.6. The summed E-state index contributed by atoms with van der Waals surface area (Å²) in [5.41, 5.74) is 2.89. The summed E-state index contributed by atoms with van der Waals surface area (Å²) in [4.78, 5) is 28.4. The van der Waals surface area contributed by atoms with Crippen molar-refractivity contribution in [1.82, 2.24) is 4.90 Å². The minimum absolute atomic E-state index is 0.0275. The van der Waals surface area contributed by atoms with Gasteiger partial charge in [-0.15, -0.1) is 0 Å². The Balaban J connectivity index is 1.97. The van der Waals surface area contributed by atoms with E-state index in [9.17, 15) is 14.7 Å². The van der Waals surface area contributed by atoms with Crippen LogP contribution in [-0.4, -0.2) is 42.3 Å². The van der Waals surface area contributed by atoms with Gasteiger partial charge in [-0.2, -0.15) is 0 Å². The SMILES string of the molecule is CCOc1ccc([C@H]2c3c(oc4c(C)cc(C)cc4c3=O)C(=O)N2CCO)cc1OCC. The standard InChI is InChI=1S/C25H27NO6/c1-5-30-18-8-7-16(13-19(18)31-6-2)21-20-22(28)17-12-14(3)11-15(4)23(17)32-24(20)25(29)26(21)9-10-27/h7-8,11-13,21,27H,5-6,9-10H2,1-4H3/t21-/m0/s1. The molecule has 7 nitrogen and oxygen atoms in total. The van der Waals surface area contributed by atoms with E-state index in [2.05, 4.69) is 0 Å². The van der Waals surface area contributed by atoms with Gasteiger partial charge in [-0.1, -0.05) is 12.1 Å². The highest BCUT2D eigenvalue weighted by Crippen LogP contribution is 2.41. The van der Waals surface area contributed by atoms with Crippen LogP contribution in [0, 0.1) is 13.8 Å². The minimum Gasteiger partial charge on any atom is -0.490 e. The number of hydrogen-bond donors (Lipinski definition) is 1. The third kappa shape index (κ3) is 3.52. The van der Waals surface area contributed by atoms with Crippen LogP contribution in [0.15, 0.2) is 39.5 Å². The van der Waals surface area contributed by atoms with E-state index in [4.69, 9.17) is 13.9 Å². The molecular formula is C25H27NO6. The molecule has 1 aromatic heterocycles. The van der Waals surface area contributed by atoms with Gasteiger partial charge < -0.3 is 23.9 Å². The first-order valence-corrected chi connectivity index (χ1v) is 10.8. The van der Waals surface area contributed by atoms with Gasteiger partial charge in [0, 0.05) is 6.54 Å². The van der Waals surface area contributed by atoms with E-state index >= 15 is 0 Å². The molecule has 2 aromatic carbocycles. The summed E-state index contributed by atoms with van der Waals surface area (Å²) in [5, 5.41) is 10.1. The molecule has 4 rings (SSSR count). The van der Waals surface area contributed by atoms with Gasteiger partial charge in [0.25, 0.3) is 5.91 Å². The van der Waals surface area contributed by atoms with Gasteiger partial charge in [-0.3, -0.25) is 9.59 Å². The number of carbonyl (C=O) groups is 1. The second-order valence-corrected chi connectivity index (χ2v) is 7.83. The average molecular weight is 437 g/mol. The number of benzene rings is 2. The zero-order valence-electron chi connectivity index (χ0n) is 18.7. The van der Waals surface area contributed by atoms with Crippen LogP contribution < -0.4 is 14.9 Å². The van der Waals surface area contributed by atoms with E-state index in [0.717, 1.165) is 11.1 Å². The molecule has 0 unspecified atom stereocenters. The highest BCUT2D eigenvalue weighted by atomic mass is 16.5. The van der Waals surface area contributed by atoms with Gasteiger partial charge >= 0.3 is 0 Å². The minimum atomic E-state index is -0.694. The first-order valence-electron chi connectivity index (χ1n) is 10.8. The number of β-amino-alcohol motifs (C(OH)–C–C–N with tert-alkyl or cyclic N) is 1. The van der Waals surface area contributed by atoms with Gasteiger partial charge in [0.2, 0.25) is 5.76 Å². The van der Waals surface area contributed by atoms with Crippen LogP contribution in [0.5, 0.6) is 11.5 Å². The Hall–Kier alpha value is -3.32. The molecule has 168 valence electrons. The van der Waals surface area contributed by atoms with E-state index in [-0.39, 0.29) is 29.9 Å². The summed E-state index contributed by atoms with van der Waals surface area (Å²) < 4.78 is 17.4. The van der Waals surface area contributed by atoms with E-state index in [1.165, 1.54) is 4.90 Å². The van der Waals surface area contributed by atoms with Crippen LogP contribution in [0.2, 0.25) is 0 Å². The second kappa shape index (κ2) is 8.67. The third-order valence-electron chi connectivity index (χ3n) is 5.62. The molecule has 32 heavy (non-hydrogen) atoms. The van der Waals surface area contributed by atoms with Crippen LogP contribution in [0.25, 0.3) is 11.0 Å². The fourth-order valence-corrected chi connectivity index (χ4v) is 4.40. The van der Waals surface area contributed by atoms with Crippen molar-refractivity contribution >= 4 is 16.9 Å². The summed E-state index contributed by atoms with van der Waals surface area (Å²) in [6.07, 6.45) is 0. The lowest BCUT2D eigenvalue weighted by Crippen LogP contribution is -2.32. The van der Waals surface area contributed by atoms with Crippen molar-refractivity contribution in [2.24, 2.45) is 0 Å². The van der Waals surface area contributed by atoms with Crippen LogP contribution in [0.3, 0.4) is 0 Å². The molecule has 1 N–H and O–H groups in total. The molecule has 0 saturated heterocycles. The molecule has 1 amide bonds. The van der Waals surface area contributed by atoms with Crippen molar-refractivity contribution in [2.45, 2.75) is 33.7 Å². The Kier molecular flexibility index (Phi) is 5.93. The highest BCUT2D eigenvalue weighted by molar-refractivity contribution is 5.99. The number of aryl methyl sites for hydroxylation is 2. The molecule has 0 radical (unpaired) electrons. The molecule has 2 heterocycles. The summed E-state index contributed by atoms with van der Waals surface area (Å²) in [7, 11) is 0. The lowest BCUT2D eigenvalue weighted by molar-refractivity contribution is 0.0691. The fourth-order valence-electron chi connectivity index (χ4n) is 4.40. The zero-order chi connectivity index (χ0) is 23.0. The van der Waals surface area contributed by atoms with Gasteiger partial charge in [0.05, 0.1) is 36.8 Å². The van der Waals surface area contributed by atoms with Crippen molar-refractivity contribution in [1.29, 1.82) is 0 Å². The van der Waals surface area contributed by atoms with Crippen molar-refractivity contribution in [3.8, 4) is 11.5 Å². The van der Waals surface area contributed by atoms with Crippen LogP contribution in [-0.2, 0) is 0 Å². The van der Waals surface area contributed by atoms with Crippen molar-refractivity contribution < 1.29 is 23.8 Å². The summed E-state index contributed by atoms with van der Waals surface area (Å²) >= 11 is 0. The number of carbonyl (C=O) groups excluding carboxylic acids is 1. The predicted molar refractivity (Wildman–Crippen MR) is 121 cm³/mol. The monoisotopic (exact) mass is 437 g/mol. The van der Waals surface area contributed by atoms with Gasteiger partial charge in [0.1, 0.15) is 5.58 Å². The van der Waals surface area contributed by atoms with Gasteiger partial charge in [-0.25, -0.2) is 0 Å². The number of amides is 1. The van der Waals surface area contributed by atoms with Crippen molar-refractivity contribution in [3.63, 3.8) is 0 Å². The van der Waals surface area contributed by atoms with Crippen molar-refractivity contribution in [3.05, 3.63) is 68.6 Å². The smallest absolute Gasteiger partial charge is 0.290 e. The van der Waals surface area contributed by atoms with Crippen molar-refractivity contribution in [2.75, 3.05) is 26.4 Å². The normalized spacial score (nSPS) is 15.3. The summed E-state index contributed by atoms with van der Waals surface area (Å²) in [6.45, 7) is 8.29. The van der Waals surface area contributed by atoms with Crippen LogP contribution >= 0.6 is 0 Å². The molecule has 3 aromatic rings. The lowest BCUT2D eigenvalue weighted by Gasteiger charge is -2.25. The molecule has 0 spiro atoms. The Bertz CT molecular complexity index is 1250. The quantitative estimate of drug-likeness (QED) is 0.606. The molecular weight excluding hydrogens is 410 g/mol. The topological polar surface area (TPSA) is 89.2 Å². The number of ether oxygens (including phenoxy) is 2. The predicted octanol–water partition coefficient (Wildman–Crippen LogP) is 3.74. The van der Waals surface area contributed by atoms with Crippen LogP contribution in [0.4, 0.5) is 0 Å². The number of fused-ring (bicyclic) bond motifs is 2. The number of aliphatic hydroxyl groups excluding tert-OH is 1. The summed E-state index contributed by atoms with van der Waals surface area (Å²) in [6, 6.07) is 8.39. The number of nitrogens with zero attached hydrogens (tertiary/aromatic N) is 1. The Labute approximate surface area is 186 Å². The van der Waals surface area contributed by atoms with Gasteiger partial charge in [-0.05, 0) is 62.6 Å². The molecule has 7 heteroatoms. The Morgan fingerprint density at radius 1 is 1.03 bits per heavy atom. The van der Waals surface area contributed by atoms with Gasteiger partial charge in [0.15, 0.2) is 16.9 Å². The molecule has 1 atom stereocenters. The van der Waals surface area contributed by atoms with E-state index in [1.54, 1.807) is 18.2 Å². The average Bonchev–Trinajstić information content (AvgIpc) is 3.03. The number of hydrogen-bond acceptors (Lipinski definition) is 6. The molecule has 0 fully saturated rings.